The van der Waals surface area contributed by atoms with Crippen LogP contribution in [-0.4, -0.2) is 18.0 Å². The summed E-state index contributed by atoms with van der Waals surface area (Å²) in [4.78, 5) is 21.3. The van der Waals surface area contributed by atoms with Crippen molar-refractivity contribution in [3.8, 4) is 6.07 Å². The maximum atomic E-state index is 11.1. The third-order valence-electron chi connectivity index (χ3n) is 2.05. The molecular weight excluding hydrogens is 292 g/mol. The lowest BCUT2D eigenvalue weighted by Gasteiger charge is -2.04. The molecule has 0 heterocycles. The molecule has 0 aliphatic heterocycles. The summed E-state index contributed by atoms with van der Waals surface area (Å²) in [6, 6.07) is 4.38. The van der Waals surface area contributed by atoms with Crippen LogP contribution in [0.15, 0.2) is 16.6 Å². The Morgan fingerprint density at radius 3 is 2.76 bits per heavy atom. The number of hydrogen-bond acceptors (Lipinski definition) is 5. The first kappa shape index (κ1) is 13.1. The highest BCUT2D eigenvalue weighted by molar-refractivity contribution is 9.10. The molecule has 0 atom stereocenters. The molecule has 7 heteroatoms. The number of nitro benzene ring substituents is 1. The Hall–Kier alpha value is -1.94. The molecule has 0 unspecified atom stereocenters. The third-order valence-corrected chi connectivity index (χ3v) is 2.70. The number of rotatable bonds is 3. The van der Waals surface area contributed by atoms with Gasteiger partial charge in [0.15, 0.2) is 0 Å². The fraction of sp³-hybridized carbons (Fsp3) is 0.200. The molecule has 6 nitrogen and oxygen atoms in total. The summed E-state index contributed by atoms with van der Waals surface area (Å²) >= 11 is 3.05. The van der Waals surface area contributed by atoms with Gasteiger partial charge in [-0.2, -0.15) is 5.26 Å². The van der Waals surface area contributed by atoms with Crippen molar-refractivity contribution in [2.45, 2.75) is 6.42 Å². The summed E-state index contributed by atoms with van der Waals surface area (Å²) in [6.45, 7) is 0. The second-order valence-electron chi connectivity index (χ2n) is 3.08. The standard InChI is InChI=1S/C10H7BrN2O4/c1-17-10(14)3-6-2-7(5-12)8(11)4-9(6)13(15)16/h2,4H,3H2,1H3. The number of hydrogen-bond donors (Lipinski definition) is 0. The van der Waals surface area contributed by atoms with Crippen molar-refractivity contribution in [1.82, 2.24) is 0 Å². The van der Waals surface area contributed by atoms with Gasteiger partial charge in [0, 0.05) is 16.1 Å². The molecule has 0 bridgehead atoms. The molecule has 0 saturated heterocycles. The van der Waals surface area contributed by atoms with Crippen LogP contribution in [0.25, 0.3) is 0 Å². The van der Waals surface area contributed by atoms with Gasteiger partial charge in [-0.1, -0.05) is 0 Å². The molecule has 0 saturated carbocycles. The molecule has 0 aliphatic carbocycles. The van der Waals surface area contributed by atoms with Gasteiger partial charge in [0.2, 0.25) is 0 Å². The molecule has 0 aromatic heterocycles. The Labute approximate surface area is 105 Å². The third kappa shape index (κ3) is 3.01. The maximum Gasteiger partial charge on any atom is 0.310 e. The first-order valence-corrected chi connectivity index (χ1v) is 5.22. The average Bonchev–Trinajstić information content (AvgIpc) is 2.30. The summed E-state index contributed by atoms with van der Waals surface area (Å²) in [5.41, 5.74) is 0.164. The van der Waals surface area contributed by atoms with Crippen molar-refractivity contribution < 1.29 is 14.5 Å². The number of nitrogens with zero attached hydrogens (tertiary/aromatic N) is 2. The van der Waals surface area contributed by atoms with Crippen LogP contribution < -0.4 is 0 Å². The molecule has 0 spiro atoms. The zero-order valence-electron chi connectivity index (χ0n) is 8.77. The zero-order valence-corrected chi connectivity index (χ0v) is 10.4. The predicted octanol–water partition coefficient (Wildman–Crippen LogP) is 1.94. The first-order valence-electron chi connectivity index (χ1n) is 4.43. The predicted molar refractivity (Wildman–Crippen MR) is 61.2 cm³/mol. The number of benzene rings is 1. The Kier molecular flexibility index (Phi) is 4.17. The van der Waals surface area contributed by atoms with E-state index in [-0.39, 0.29) is 23.2 Å². The second-order valence-corrected chi connectivity index (χ2v) is 3.94. The van der Waals surface area contributed by atoms with E-state index in [9.17, 15) is 14.9 Å². The Morgan fingerprint density at radius 2 is 2.29 bits per heavy atom. The summed E-state index contributed by atoms with van der Waals surface area (Å²) in [7, 11) is 1.19. The second kappa shape index (κ2) is 5.41. The van der Waals surface area contributed by atoms with Crippen molar-refractivity contribution >= 4 is 27.6 Å². The van der Waals surface area contributed by atoms with E-state index in [1.165, 1.54) is 19.2 Å². The molecule has 0 amide bonds. The number of ether oxygens (including phenoxy) is 1. The van der Waals surface area contributed by atoms with Crippen LogP contribution in [0.4, 0.5) is 5.69 Å². The van der Waals surface area contributed by atoms with Gasteiger partial charge in [0.05, 0.1) is 24.0 Å². The lowest BCUT2D eigenvalue weighted by molar-refractivity contribution is -0.385. The molecule has 1 aromatic carbocycles. The highest BCUT2D eigenvalue weighted by Gasteiger charge is 2.19. The summed E-state index contributed by atoms with van der Waals surface area (Å²) in [6.07, 6.45) is -0.241. The van der Waals surface area contributed by atoms with Gasteiger partial charge < -0.3 is 4.74 Å². The SMILES string of the molecule is COC(=O)Cc1cc(C#N)c(Br)cc1[N+](=O)[O-]. The van der Waals surface area contributed by atoms with Crippen LogP contribution in [0.2, 0.25) is 0 Å². The van der Waals surface area contributed by atoms with Crippen molar-refractivity contribution in [3.63, 3.8) is 0 Å². The number of nitro groups is 1. The van der Waals surface area contributed by atoms with E-state index in [1.807, 2.05) is 6.07 Å². The topological polar surface area (TPSA) is 93.2 Å². The van der Waals surface area contributed by atoms with Gasteiger partial charge in [-0.3, -0.25) is 14.9 Å². The number of esters is 1. The zero-order chi connectivity index (χ0) is 13.0. The molecule has 0 N–H and O–H groups in total. The highest BCUT2D eigenvalue weighted by atomic mass is 79.9. The van der Waals surface area contributed by atoms with E-state index in [4.69, 9.17) is 5.26 Å². The monoisotopic (exact) mass is 298 g/mol. The fourth-order valence-electron chi connectivity index (χ4n) is 1.23. The fourth-order valence-corrected chi connectivity index (χ4v) is 1.65. The number of methoxy groups -OCH3 is 1. The van der Waals surface area contributed by atoms with Gasteiger partial charge in [-0.05, 0) is 22.0 Å². The molecule has 0 aliphatic rings. The Bertz CT molecular complexity index is 522. The normalized spacial score (nSPS) is 9.47. The molecule has 17 heavy (non-hydrogen) atoms. The van der Waals surface area contributed by atoms with Crippen LogP contribution in [0.3, 0.4) is 0 Å². The molecular formula is C10H7BrN2O4. The minimum atomic E-state index is -0.607. The van der Waals surface area contributed by atoms with Crippen molar-refractivity contribution in [2.24, 2.45) is 0 Å². The molecule has 88 valence electrons. The first-order chi connectivity index (χ1) is 7.99. The van der Waals surface area contributed by atoms with Crippen molar-refractivity contribution in [1.29, 1.82) is 5.26 Å². The maximum absolute atomic E-state index is 11.1. The van der Waals surface area contributed by atoms with Crippen LogP contribution in [0.5, 0.6) is 0 Å². The van der Waals surface area contributed by atoms with Crippen LogP contribution in [-0.2, 0) is 16.0 Å². The van der Waals surface area contributed by atoms with Gasteiger partial charge in [-0.25, -0.2) is 0 Å². The lowest BCUT2D eigenvalue weighted by Crippen LogP contribution is -2.07. The minimum Gasteiger partial charge on any atom is -0.469 e. The Balaban J connectivity index is 3.30. The number of halogens is 1. The molecule has 0 fully saturated rings. The quantitative estimate of drug-likeness (QED) is 0.483. The molecule has 1 aromatic rings. The number of nitriles is 1. The van der Waals surface area contributed by atoms with E-state index in [0.29, 0.717) is 4.47 Å². The molecule has 1 rings (SSSR count). The van der Waals surface area contributed by atoms with Crippen molar-refractivity contribution in [2.75, 3.05) is 7.11 Å². The smallest absolute Gasteiger partial charge is 0.310 e. The average molecular weight is 299 g/mol. The summed E-state index contributed by atoms with van der Waals surface area (Å²) < 4.78 is 4.76. The van der Waals surface area contributed by atoms with Gasteiger partial charge in [0.1, 0.15) is 6.07 Å². The van der Waals surface area contributed by atoms with Gasteiger partial charge in [-0.15, -0.1) is 0 Å². The van der Waals surface area contributed by atoms with E-state index in [1.54, 1.807) is 0 Å². The number of carbonyl (C=O) groups is 1. The minimum absolute atomic E-state index is 0.154. The largest absolute Gasteiger partial charge is 0.469 e. The van der Waals surface area contributed by atoms with E-state index < -0.39 is 10.9 Å². The number of carbonyl (C=O) groups excluding carboxylic acids is 1. The van der Waals surface area contributed by atoms with Crippen LogP contribution >= 0.6 is 15.9 Å². The molecule has 0 radical (unpaired) electrons. The van der Waals surface area contributed by atoms with E-state index >= 15 is 0 Å². The van der Waals surface area contributed by atoms with E-state index in [2.05, 4.69) is 20.7 Å². The highest BCUT2D eigenvalue weighted by Crippen LogP contribution is 2.27. The van der Waals surface area contributed by atoms with Gasteiger partial charge in [0.25, 0.3) is 5.69 Å². The summed E-state index contributed by atoms with van der Waals surface area (Å²) in [5.74, 6) is -0.598. The lowest BCUT2D eigenvalue weighted by atomic mass is 10.1. The summed E-state index contributed by atoms with van der Waals surface area (Å²) in [5, 5.41) is 19.6. The van der Waals surface area contributed by atoms with Crippen LogP contribution in [0, 0.1) is 21.4 Å². The van der Waals surface area contributed by atoms with Crippen molar-refractivity contribution in [3.05, 3.63) is 37.8 Å². The van der Waals surface area contributed by atoms with E-state index in [0.717, 1.165) is 0 Å². The van der Waals surface area contributed by atoms with Gasteiger partial charge >= 0.3 is 5.97 Å². The van der Waals surface area contributed by atoms with Crippen LogP contribution in [0.1, 0.15) is 11.1 Å². The Morgan fingerprint density at radius 1 is 1.65 bits per heavy atom.